The minimum absolute atomic E-state index is 0.0870. The molecule has 1 heterocycles. The molecule has 1 atom stereocenters. The number of H-pyrrole nitrogens is 1. The van der Waals surface area contributed by atoms with Crippen LogP contribution in [0.5, 0.6) is 0 Å². The van der Waals surface area contributed by atoms with Crippen molar-refractivity contribution in [3.8, 4) is 0 Å². The molecule has 0 saturated carbocycles. The molecule has 0 aliphatic heterocycles. The fraction of sp³-hybridized carbons (Fsp3) is 0.267. The summed E-state index contributed by atoms with van der Waals surface area (Å²) in [6.45, 7) is 1.82. The van der Waals surface area contributed by atoms with E-state index >= 15 is 0 Å². The molecular weight excluding hydrogens is 272 g/mol. The number of hydrogen-bond acceptors (Lipinski definition) is 3. The zero-order valence-corrected chi connectivity index (χ0v) is 11.6. The van der Waals surface area contributed by atoms with E-state index in [1.54, 1.807) is 24.3 Å². The summed E-state index contributed by atoms with van der Waals surface area (Å²) in [6, 6.07) is 5.84. The van der Waals surface area contributed by atoms with E-state index in [0.29, 0.717) is 23.7 Å². The van der Waals surface area contributed by atoms with Crippen LogP contribution in [0.15, 0.2) is 35.3 Å². The van der Waals surface area contributed by atoms with Gasteiger partial charge in [0.1, 0.15) is 11.6 Å². The second-order valence-electron chi connectivity index (χ2n) is 4.73. The minimum Gasteiger partial charge on any atom is -0.480 e. The number of aromatic amines is 1. The van der Waals surface area contributed by atoms with Crippen LogP contribution >= 0.6 is 0 Å². The van der Waals surface area contributed by atoms with Crippen LogP contribution in [0.3, 0.4) is 0 Å². The number of rotatable bonds is 5. The molecule has 3 N–H and O–H groups in total. The Kier molecular flexibility index (Phi) is 4.37. The van der Waals surface area contributed by atoms with Gasteiger partial charge in [0.25, 0.3) is 5.91 Å². The number of carboxylic acids is 1. The molecule has 0 aliphatic rings. The number of benzene rings is 1. The molecule has 0 fully saturated rings. The Balaban J connectivity index is 2.33. The molecule has 6 nitrogen and oxygen atoms in total. The molecule has 0 bridgehead atoms. The number of fused-ring (bicyclic) bond motifs is 1. The highest BCUT2D eigenvalue weighted by Crippen LogP contribution is 2.07. The molecule has 1 amide bonds. The smallest absolute Gasteiger partial charge is 0.326 e. The Morgan fingerprint density at radius 3 is 2.71 bits per heavy atom. The van der Waals surface area contributed by atoms with Gasteiger partial charge in [-0.15, -0.1) is 0 Å². The summed E-state index contributed by atoms with van der Waals surface area (Å²) in [7, 11) is 0. The summed E-state index contributed by atoms with van der Waals surface area (Å²) in [4.78, 5) is 38.3. The number of hydrogen-bond donors (Lipinski definition) is 3. The Morgan fingerprint density at radius 2 is 2.05 bits per heavy atom. The lowest BCUT2D eigenvalue weighted by Crippen LogP contribution is -2.42. The topological polar surface area (TPSA) is 99.3 Å². The van der Waals surface area contributed by atoms with Gasteiger partial charge in [-0.2, -0.15) is 0 Å². The maximum absolute atomic E-state index is 12.3. The zero-order chi connectivity index (χ0) is 15.4. The molecule has 21 heavy (non-hydrogen) atoms. The van der Waals surface area contributed by atoms with E-state index in [9.17, 15) is 14.4 Å². The van der Waals surface area contributed by atoms with Gasteiger partial charge in [0.15, 0.2) is 0 Å². The second-order valence-corrected chi connectivity index (χ2v) is 4.73. The Morgan fingerprint density at radius 1 is 1.33 bits per heavy atom. The van der Waals surface area contributed by atoms with E-state index in [4.69, 9.17) is 5.11 Å². The molecule has 0 spiro atoms. The summed E-state index contributed by atoms with van der Waals surface area (Å²) < 4.78 is 0. The largest absolute Gasteiger partial charge is 0.480 e. The first-order valence-electron chi connectivity index (χ1n) is 6.68. The molecule has 2 aromatic rings. The van der Waals surface area contributed by atoms with Crippen LogP contribution in [0.25, 0.3) is 10.9 Å². The Labute approximate surface area is 120 Å². The second kappa shape index (κ2) is 6.21. The van der Waals surface area contributed by atoms with E-state index in [2.05, 4.69) is 10.3 Å². The van der Waals surface area contributed by atoms with Gasteiger partial charge < -0.3 is 15.4 Å². The van der Waals surface area contributed by atoms with Crippen LogP contribution in [0.2, 0.25) is 0 Å². The summed E-state index contributed by atoms with van der Waals surface area (Å²) in [5, 5.41) is 11.8. The van der Waals surface area contributed by atoms with Gasteiger partial charge >= 0.3 is 5.97 Å². The molecule has 6 heteroatoms. The number of pyridine rings is 1. The molecule has 0 radical (unpaired) electrons. The zero-order valence-electron chi connectivity index (χ0n) is 11.6. The molecule has 0 saturated heterocycles. The van der Waals surface area contributed by atoms with E-state index in [1.165, 1.54) is 6.20 Å². The first-order valence-corrected chi connectivity index (χ1v) is 6.68. The summed E-state index contributed by atoms with van der Waals surface area (Å²) in [6.07, 6.45) is 2.24. The quantitative estimate of drug-likeness (QED) is 0.776. The van der Waals surface area contributed by atoms with Crippen LogP contribution in [0, 0.1) is 0 Å². The number of para-hydroxylation sites is 1. The highest BCUT2D eigenvalue weighted by Gasteiger charge is 2.21. The minimum atomic E-state index is -1.11. The van der Waals surface area contributed by atoms with Gasteiger partial charge in [0.05, 0.1) is 0 Å². The SMILES string of the molecule is CCC[C@H](NC(=O)c1c[nH]c2ccccc2c1=O)C(=O)O. The van der Waals surface area contributed by atoms with Gasteiger partial charge in [0.2, 0.25) is 5.43 Å². The third-order valence-electron chi connectivity index (χ3n) is 3.21. The van der Waals surface area contributed by atoms with Gasteiger partial charge in [-0.25, -0.2) is 4.79 Å². The molecule has 110 valence electrons. The number of amides is 1. The fourth-order valence-corrected chi connectivity index (χ4v) is 2.12. The summed E-state index contributed by atoms with van der Waals surface area (Å²) >= 11 is 0. The number of carbonyl (C=O) groups excluding carboxylic acids is 1. The normalized spacial score (nSPS) is 12.0. The molecule has 2 rings (SSSR count). The van der Waals surface area contributed by atoms with Crippen molar-refractivity contribution in [1.82, 2.24) is 10.3 Å². The van der Waals surface area contributed by atoms with Crippen LogP contribution in [-0.2, 0) is 4.79 Å². The summed E-state index contributed by atoms with van der Waals surface area (Å²) in [5.74, 6) is -1.79. The Bertz CT molecular complexity index is 736. The fourth-order valence-electron chi connectivity index (χ4n) is 2.12. The molecule has 1 aromatic heterocycles. The van der Waals surface area contributed by atoms with Crippen molar-refractivity contribution in [2.24, 2.45) is 0 Å². The van der Waals surface area contributed by atoms with E-state index in [1.807, 2.05) is 6.92 Å². The molecule has 0 aliphatic carbocycles. The third-order valence-corrected chi connectivity index (χ3v) is 3.21. The predicted octanol–water partition coefficient (Wildman–Crippen LogP) is 1.51. The maximum atomic E-state index is 12.3. The van der Waals surface area contributed by atoms with E-state index in [-0.39, 0.29) is 5.56 Å². The lowest BCUT2D eigenvalue weighted by Gasteiger charge is -2.13. The van der Waals surface area contributed by atoms with E-state index in [0.717, 1.165) is 0 Å². The summed E-state index contributed by atoms with van der Waals surface area (Å²) in [5.41, 5.74) is 0.126. The van der Waals surface area contributed by atoms with Gasteiger partial charge in [-0.05, 0) is 18.6 Å². The van der Waals surface area contributed by atoms with Crippen molar-refractivity contribution >= 4 is 22.8 Å². The average molecular weight is 288 g/mol. The number of carboxylic acid groups (broad SMARTS) is 1. The van der Waals surface area contributed by atoms with Crippen molar-refractivity contribution in [2.75, 3.05) is 0 Å². The molecule has 0 unspecified atom stereocenters. The molecular formula is C15H16N2O4. The van der Waals surface area contributed by atoms with Crippen LogP contribution in [0.1, 0.15) is 30.1 Å². The average Bonchev–Trinajstić information content (AvgIpc) is 2.47. The highest BCUT2D eigenvalue weighted by atomic mass is 16.4. The van der Waals surface area contributed by atoms with Crippen LogP contribution in [-0.4, -0.2) is 28.0 Å². The van der Waals surface area contributed by atoms with Gasteiger partial charge in [-0.1, -0.05) is 25.5 Å². The predicted molar refractivity (Wildman–Crippen MR) is 78.4 cm³/mol. The number of aromatic nitrogens is 1. The van der Waals surface area contributed by atoms with Crippen molar-refractivity contribution in [1.29, 1.82) is 0 Å². The number of carbonyl (C=O) groups is 2. The number of aliphatic carboxylic acids is 1. The first kappa shape index (κ1) is 14.8. The van der Waals surface area contributed by atoms with Crippen molar-refractivity contribution in [2.45, 2.75) is 25.8 Å². The van der Waals surface area contributed by atoms with Crippen molar-refractivity contribution < 1.29 is 14.7 Å². The Hall–Kier alpha value is -2.63. The van der Waals surface area contributed by atoms with Crippen molar-refractivity contribution in [3.05, 3.63) is 46.2 Å². The molecule has 1 aromatic carbocycles. The lowest BCUT2D eigenvalue weighted by atomic mass is 10.1. The van der Waals surface area contributed by atoms with Crippen LogP contribution in [0.4, 0.5) is 0 Å². The van der Waals surface area contributed by atoms with Crippen molar-refractivity contribution in [3.63, 3.8) is 0 Å². The highest BCUT2D eigenvalue weighted by molar-refractivity contribution is 5.98. The van der Waals surface area contributed by atoms with Crippen LogP contribution < -0.4 is 10.7 Å². The van der Waals surface area contributed by atoms with E-state index < -0.39 is 23.3 Å². The van der Waals surface area contributed by atoms with Gasteiger partial charge in [0, 0.05) is 17.1 Å². The lowest BCUT2D eigenvalue weighted by molar-refractivity contribution is -0.139. The maximum Gasteiger partial charge on any atom is 0.326 e. The third kappa shape index (κ3) is 3.10. The van der Waals surface area contributed by atoms with Gasteiger partial charge in [-0.3, -0.25) is 9.59 Å². The monoisotopic (exact) mass is 288 g/mol. The first-order chi connectivity index (χ1) is 10.0. The number of nitrogens with one attached hydrogen (secondary N) is 2. The standard InChI is InChI=1S/C15H16N2O4/c1-2-5-12(15(20)21)17-14(19)10-8-16-11-7-4-3-6-9(11)13(10)18/h3-4,6-8,12H,2,5H2,1H3,(H,16,18)(H,17,19)(H,20,21)/t12-/m0/s1.